The Labute approximate surface area is 87.5 Å². The van der Waals surface area contributed by atoms with Crippen LogP contribution in [0.3, 0.4) is 0 Å². The van der Waals surface area contributed by atoms with Crippen molar-refractivity contribution >= 4 is 17.2 Å². The molecular weight excluding hydrogens is 180 g/mol. The lowest BCUT2D eigenvalue weighted by atomic mass is 10.1. The normalized spacial score (nSPS) is 13.2. The van der Waals surface area contributed by atoms with E-state index in [-0.39, 0.29) is 0 Å². The van der Waals surface area contributed by atoms with Crippen LogP contribution >= 0.6 is 12.2 Å². The Balaban J connectivity index is 3.85. The third-order valence-corrected chi connectivity index (χ3v) is 2.32. The molecule has 0 aromatic heterocycles. The van der Waals surface area contributed by atoms with Gasteiger partial charge >= 0.3 is 0 Å². The molecule has 0 aliphatic carbocycles. The van der Waals surface area contributed by atoms with Crippen LogP contribution in [-0.4, -0.2) is 29.5 Å². The quantitative estimate of drug-likeness (QED) is 0.641. The Morgan fingerprint density at radius 3 is 2.46 bits per heavy atom. The Hall–Kier alpha value is -0.150. The molecule has 0 fully saturated rings. The van der Waals surface area contributed by atoms with E-state index in [0.29, 0.717) is 4.99 Å². The smallest absolute Gasteiger partial charge is 0.0870 e. The monoisotopic (exact) mass is 202 g/mol. The molecule has 3 heteroatoms. The van der Waals surface area contributed by atoms with E-state index in [9.17, 15) is 0 Å². The molecule has 2 nitrogen and oxygen atoms in total. The molecule has 0 saturated heterocycles. The Bertz CT molecular complexity index is 148. The summed E-state index contributed by atoms with van der Waals surface area (Å²) in [6.07, 6.45) is 2.39. The second-order valence-corrected chi connectivity index (χ2v) is 4.24. The van der Waals surface area contributed by atoms with Gasteiger partial charge in [-0.3, -0.25) is 4.90 Å². The molecule has 0 aliphatic rings. The van der Waals surface area contributed by atoms with E-state index >= 15 is 0 Å². The summed E-state index contributed by atoms with van der Waals surface area (Å²) in [7, 11) is 0. The van der Waals surface area contributed by atoms with Crippen LogP contribution in [0.1, 0.15) is 33.6 Å². The molecule has 13 heavy (non-hydrogen) atoms. The van der Waals surface area contributed by atoms with Crippen LogP contribution in [0.4, 0.5) is 0 Å². The van der Waals surface area contributed by atoms with E-state index in [4.69, 9.17) is 18.0 Å². The van der Waals surface area contributed by atoms with Crippen molar-refractivity contribution in [3.63, 3.8) is 0 Å². The summed E-state index contributed by atoms with van der Waals surface area (Å²) in [5.41, 5.74) is 5.53. The Morgan fingerprint density at radius 2 is 2.08 bits per heavy atom. The summed E-state index contributed by atoms with van der Waals surface area (Å²) in [6, 6.07) is 0. The SMILES string of the molecule is CCCN(CC(N)=S)CC(C)CC. The minimum atomic E-state index is 0.608. The molecule has 0 saturated carbocycles. The zero-order valence-electron chi connectivity index (χ0n) is 9.05. The van der Waals surface area contributed by atoms with Crippen molar-refractivity contribution in [3.05, 3.63) is 0 Å². The van der Waals surface area contributed by atoms with Crippen molar-refractivity contribution in [1.29, 1.82) is 0 Å². The summed E-state index contributed by atoms with van der Waals surface area (Å²) < 4.78 is 0. The van der Waals surface area contributed by atoms with Crippen LogP contribution in [0.5, 0.6) is 0 Å². The lowest BCUT2D eigenvalue weighted by molar-refractivity contribution is 0.265. The number of hydrogen-bond donors (Lipinski definition) is 1. The van der Waals surface area contributed by atoms with Crippen molar-refractivity contribution in [3.8, 4) is 0 Å². The van der Waals surface area contributed by atoms with Crippen molar-refractivity contribution in [1.82, 2.24) is 4.90 Å². The van der Waals surface area contributed by atoms with Crippen molar-refractivity contribution < 1.29 is 0 Å². The summed E-state index contributed by atoms with van der Waals surface area (Å²) in [6.45, 7) is 9.65. The van der Waals surface area contributed by atoms with E-state index < -0.39 is 0 Å². The average molecular weight is 202 g/mol. The molecule has 2 N–H and O–H groups in total. The van der Waals surface area contributed by atoms with Gasteiger partial charge in [0, 0.05) is 13.1 Å². The molecule has 0 spiro atoms. The second kappa shape index (κ2) is 7.27. The number of nitrogens with zero attached hydrogens (tertiary/aromatic N) is 1. The van der Waals surface area contributed by atoms with Gasteiger partial charge in [0.25, 0.3) is 0 Å². The van der Waals surface area contributed by atoms with E-state index in [0.717, 1.165) is 25.6 Å². The van der Waals surface area contributed by atoms with Gasteiger partial charge in [0.05, 0.1) is 4.99 Å². The standard InChI is InChI=1S/C10H22N2S/c1-4-6-12(8-10(11)13)7-9(3)5-2/h9H,4-8H2,1-3H3,(H2,11,13). The fourth-order valence-electron chi connectivity index (χ4n) is 1.34. The van der Waals surface area contributed by atoms with Gasteiger partial charge in [0.2, 0.25) is 0 Å². The molecule has 1 atom stereocenters. The molecule has 0 aliphatic heterocycles. The van der Waals surface area contributed by atoms with Crippen LogP contribution < -0.4 is 5.73 Å². The second-order valence-electron chi connectivity index (χ2n) is 3.71. The van der Waals surface area contributed by atoms with Gasteiger partial charge in [-0.1, -0.05) is 39.4 Å². The van der Waals surface area contributed by atoms with E-state index in [1.807, 2.05) is 0 Å². The molecule has 1 unspecified atom stereocenters. The minimum absolute atomic E-state index is 0.608. The van der Waals surface area contributed by atoms with Crippen molar-refractivity contribution in [2.75, 3.05) is 19.6 Å². The van der Waals surface area contributed by atoms with Crippen LogP contribution in [0, 0.1) is 5.92 Å². The van der Waals surface area contributed by atoms with Gasteiger partial charge in [-0.25, -0.2) is 0 Å². The first kappa shape index (κ1) is 12.8. The fourth-order valence-corrected chi connectivity index (χ4v) is 1.52. The lowest BCUT2D eigenvalue weighted by Gasteiger charge is -2.23. The first-order valence-corrected chi connectivity index (χ1v) is 5.51. The lowest BCUT2D eigenvalue weighted by Crippen LogP contribution is -2.36. The highest BCUT2D eigenvalue weighted by molar-refractivity contribution is 7.80. The molecule has 0 heterocycles. The highest BCUT2D eigenvalue weighted by Crippen LogP contribution is 2.04. The van der Waals surface area contributed by atoms with Gasteiger partial charge in [-0.15, -0.1) is 0 Å². The molecule has 0 rings (SSSR count). The maximum Gasteiger partial charge on any atom is 0.0870 e. The molecule has 0 amide bonds. The van der Waals surface area contributed by atoms with E-state index in [1.54, 1.807) is 0 Å². The highest BCUT2D eigenvalue weighted by atomic mass is 32.1. The third-order valence-electron chi connectivity index (χ3n) is 2.19. The topological polar surface area (TPSA) is 29.3 Å². The first-order chi connectivity index (χ1) is 6.10. The molecule has 0 radical (unpaired) electrons. The minimum Gasteiger partial charge on any atom is -0.392 e. The van der Waals surface area contributed by atoms with Gasteiger partial charge in [0.1, 0.15) is 0 Å². The number of hydrogen-bond acceptors (Lipinski definition) is 2. The average Bonchev–Trinajstić information content (AvgIpc) is 2.03. The molecule has 0 aromatic rings. The zero-order valence-corrected chi connectivity index (χ0v) is 9.86. The number of thiocarbonyl (C=S) groups is 1. The molecule has 0 aromatic carbocycles. The van der Waals surface area contributed by atoms with Gasteiger partial charge in [0.15, 0.2) is 0 Å². The van der Waals surface area contributed by atoms with Gasteiger partial charge in [-0.05, 0) is 18.9 Å². The molecule has 0 bridgehead atoms. The Morgan fingerprint density at radius 1 is 1.46 bits per heavy atom. The predicted octanol–water partition coefficient (Wildman–Crippen LogP) is 2.03. The largest absolute Gasteiger partial charge is 0.392 e. The first-order valence-electron chi connectivity index (χ1n) is 5.10. The molecular formula is C10H22N2S. The van der Waals surface area contributed by atoms with Crippen LogP contribution in [-0.2, 0) is 0 Å². The zero-order chi connectivity index (χ0) is 10.3. The maximum atomic E-state index is 5.53. The summed E-state index contributed by atoms with van der Waals surface area (Å²) in [5, 5.41) is 0. The highest BCUT2D eigenvalue weighted by Gasteiger charge is 2.08. The van der Waals surface area contributed by atoms with Crippen LogP contribution in [0.25, 0.3) is 0 Å². The number of nitrogens with two attached hydrogens (primary N) is 1. The summed E-state index contributed by atoms with van der Waals surface area (Å²) >= 11 is 4.91. The van der Waals surface area contributed by atoms with Gasteiger partial charge in [-0.2, -0.15) is 0 Å². The summed E-state index contributed by atoms with van der Waals surface area (Å²) in [4.78, 5) is 2.95. The van der Waals surface area contributed by atoms with Crippen LogP contribution in [0.15, 0.2) is 0 Å². The molecule has 78 valence electrons. The van der Waals surface area contributed by atoms with Crippen molar-refractivity contribution in [2.45, 2.75) is 33.6 Å². The van der Waals surface area contributed by atoms with Crippen LogP contribution in [0.2, 0.25) is 0 Å². The van der Waals surface area contributed by atoms with E-state index in [1.165, 1.54) is 12.8 Å². The maximum absolute atomic E-state index is 5.53. The predicted molar refractivity (Wildman–Crippen MR) is 63.0 cm³/mol. The number of rotatable bonds is 7. The third kappa shape index (κ3) is 6.96. The fraction of sp³-hybridized carbons (Fsp3) is 0.900. The van der Waals surface area contributed by atoms with E-state index in [2.05, 4.69) is 25.7 Å². The van der Waals surface area contributed by atoms with Gasteiger partial charge < -0.3 is 5.73 Å². The Kier molecular flexibility index (Phi) is 7.19. The van der Waals surface area contributed by atoms with Crippen molar-refractivity contribution in [2.24, 2.45) is 11.7 Å². The summed E-state index contributed by atoms with van der Waals surface area (Å²) in [5.74, 6) is 0.737.